The van der Waals surface area contributed by atoms with Crippen LogP contribution >= 0.6 is 47.8 Å². The van der Waals surface area contributed by atoms with Crippen molar-refractivity contribution in [3.63, 3.8) is 0 Å². The number of nitrogens with zero attached hydrogens (tertiary/aromatic N) is 1. The highest BCUT2D eigenvalue weighted by Crippen LogP contribution is 2.34. The molecule has 9 heteroatoms. The fourth-order valence-electron chi connectivity index (χ4n) is 2.58. The number of amides is 1. The molecule has 160 valence electrons. The molecule has 3 aromatic carbocycles. The lowest BCUT2D eigenvalue weighted by Crippen LogP contribution is -2.17. The summed E-state index contributed by atoms with van der Waals surface area (Å²) in [6.07, 6.45) is 1.50. The van der Waals surface area contributed by atoms with Crippen molar-refractivity contribution in [2.24, 2.45) is 5.10 Å². The molecule has 2 N–H and O–H groups in total. The molecule has 0 fully saturated rings. The normalized spacial score (nSPS) is 10.8. The number of rotatable bonds is 7. The van der Waals surface area contributed by atoms with Gasteiger partial charge in [0.2, 0.25) is 0 Å². The SMILES string of the molecule is COc1cc(C=NNC(=O)c2cc(Br)c(O)c(Br)c2)c(Br)cc1OCc1ccccc1. The van der Waals surface area contributed by atoms with Crippen molar-refractivity contribution in [2.75, 3.05) is 7.11 Å². The van der Waals surface area contributed by atoms with Crippen molar-refractivity contribution >= 4 is 59.9 Å². The first kappa shape index (κ1) is 23.3. The maximum Gasteiger partial charge on any atom is 0.271 e. The van der Waals surface area contributed by atoms with Crippen LogP contribution in [0.2, 0.25) is 0 Å². The van der Waals surface area contributed by atoms with Gasteiger partial charge in [0.25, 0.3) is 5.91 Å². The molecule has 0 spiro atoms. The number of nitrogens with one attached hydrogen (secondary N) is 1. The first-order valence-corrected chi connectivity index (χ1v) is 11.3. The van der Waals surface area contributed by atoms with Crippen LogP contribution in [0.1, 0.15) is 21.5 Å². The Kier molecular flexibility index (Phi) is 8.11. The van der Waals surface area contributed by atoms with E-state index in [2.05, 4.69) is 58.3 Å². The highest BCUT2D eigenvalue weighted by atomic mass is 79.9. The molecule has 0 aliphatic heterocycles. The van der Waals surface area contributed by atoms with Gasteiger partial charge in [-0.2, -0.15) is 5.10 Å². The fraction of sp³-hybridized carbons (Fsp3) is 0.0909. The van der Waals surface area contributed by atoms with Crippen molar-refractivity contribution in [1.29, 1.82) is 0 Å². The minimum atomic E-state index is -0.427. The molecular formula is C22H17Br3N2O4. The third-order valence-corrected chi connectivity index (χ3v) is 6.06. The summed E-state index contributed by atoms with van der Waals surface area (Å²) in [5, 5.41) is 13.8. The quantitative estimate of drug-likeness (QED) is 0.252. The van der Waals surface area contributed by atoms with Crippen molar-refractivity contribution in [2.45, 2.75) is 6.61 Å². The Balaban J connectivity index is 1.71. The van der Waals surface area contributed by atoms with E-state index >= 15 is 0 Å². The van der Waals surface area contributed by atoms with E-state index in [1.165, 1.54) is 18.3 Å². The maximum atomic E-state index is 12.3. The van der Waals surface area contributed by atoms with Crippen LogP contribution in [0.5, 0.6) is 17.2 Å². The van der Waals surface area contributed by atoms with Crippen LogP contribution in [0.15, 0.2) is 73.1 Å². The largest absolute Gasteiger partial charge is 0.506 e. The number of methoxy groups -OCH3 is 1. The molecule has 6 nitrogen and oxygen atoms in total. The van der Waals surface area contributed by atoms with Gasteiger partial charge in [-0.3, -0.25) is 4.79 Å². The van der Waals surface area contributed by atoms with Crippen LogP contribution < -0.4 is 14.9 Å². The van der Waals surface area contributed by atoms with Gasteiger partial charge in [-0.1, -0.05) is 30.3 Å². The minimum Gasteiger partial charge on any atom is -0.506 e. The zero-order chi connectivity index (χ0) is 22.4. The van der Waals surface area contributed by atoms with Gasteiger partial charge in [0.05, 0.1) is 22.3 Å². The molecule has 0 aliphatic rings. The molecule has 0 saturated carbocycles. The highest BCUT2D eigenvalue weighted by molar-refractivity contribution is 9.11. The van der Waals surface area contributed by atoms with Crippen molar-refractivity contribution < 1.29 is 19.4 Å². The Bertz CT molecular complexity index is 1100. The number of halogens is 3. The van der Waals surface area contributed by atoms with Gasteiger partial charge in [0.15, 0.2) is 11.5 Å². The molecule has 3 rings (SSSR count). The third-order valence-electron chi connectivity index (χ3n) is 4.17. The van der Waals surface area contributed by atoms with Crippen molar-refractivity contribution in [3.8, 4) is 17.2 Å². The van der Waals surface area contributed by atoms with Crippen molar-refractivity contribution in [3.05, 3.63) is 84.7 Å². The molecule has 0 radical (unpaired) electrons. The third kappa shape index (κ3) is 6.09. The van der Waals surface area contributed by atoms with Crippen LogP contribution in [0.4, 0.5) is 0 Å². The second-order valence-electron chi connectivity index (χ2n) is 6.29. The Morgan fingerprint density at radius 3 is 2.35 bits per heavy atom. The number of carbonyl (C=O) groups excluding carboxylic acids is 1. The summed E-state index contributed by atoms with van der Waals surface area (Å²) < 4.78 is 12.8. The summed E-state index contributed by atoms with van der Waals surface area (Å²) in [5.74, 6) is 0.714. The lowest BCUT2D eigenvalue weighted by Gasteiger charge is -2.12. The van der Waals surface area contributed by atoms with Gasteiger partial charge < -0.3 is 14.6 Å². The smallest absolute Gasteiger partial charge is 0.271 e. The van der Waals surface area contributed by atoms with Crippen molar-refractivity contribution in [1.82, 2.24) is 5.43 Å². The van der Waals surface area contributed by atoms with Gasteiger partial charge in [0, 0.05) is 15.6 Å². The molecule has 0 aliphatic carbocycles. The van der Waals surface area contributed by atoms with Crippen LogP contribution in [0, 0.1) is 0 Å². The first-order valence-electron chi connectivity index (χ1n) is 8.94. The van der Waals surface area contributed by atoms with Gasteiger partial charge in [-0.05, 0) is 77.6 Å². The van der Waals surface area contributed by atoms with E-state index in [-0.39, 0.29) is 5.75 Å². The summed E-state index contributed by atoms with van der Waals surface area (Å²) in [6.45, 7) is 0.408. The Hall–Kier alpha value is -2.36. The number of carbonyl (C=O) groups is 1. The lowest BCUT2D eigenvalue weighted by molar-refractivity contribution is 0.0955. The molecule has 1 amide bonds. The molecular weight excluding hydrogens is 596 g/mol. The maximum absolute atomic E-state index is 12.3. The predicted octanol–water partition coefficient (Wildman–Crippen LogP) is 6.03. The summed E-state index contributed by atoms with van der Waals surface area (Å²) in [6, 6.07) is 16.4. The zero-order valence-electron chi connectivity index (χ0n) is 16.2. The van der Waals surface area contributed by atoms with E-state index in [9.17, 15) is 9.90 Å². The predicted molar refractivity (Wildman–Crippen MR) is 130 cm³/mol. The van der Waals surface area contributed by atoms with Crippen LogP contribution in [0.25, 0.3) is 0 Å². The molecule has 0 bridgehead atoms. The second-order valence-corrected chi connectivity index (χ2v) is 8.85. The fourth-order valence-corrected chi connectivity index (χ4v) is 4.19. The van der Waals surface area contributed by atoms with E-state index in [4.69, 9.17) is 9.47 Å². The number of phenolic OH excluding ortho intramolecular Hbond substituents is 1. The summed E-state index contributed by atoms with van der Waals surface area (Å²) in [7, 11) is 1.56. The highest BCUT2D eigenvalue weighted by Gasteiger charge is 2.12. The first-order chi connectivity index (χ1) is 14.9. The number of hydrogen-bond donors (Lipinski definition) is 2. The Morgan fingerprint density at radius 1 is 1.03 bits per heavy atom. The topological polar surface area (TPSA) is 80.2 Å². The van der Waals surface area contributed by atoms with Gasteiger partial charge in [0.1, 0.15) is 12.4 Å². The van der Waals surface area contributed by atoms with E-state index in [1.54, 1.807) is 19.2 Å². The average molecular weight is 613 g/mol. The van der Waals surface area contributed by atoms with E-state index < -0.39 is 5.91 Å². The van der Waals surface area contributed by atoms with E-state index in [1.807, 2.05) is 30.3 Å². The Morgan fingerprint density at radius 2 is 1.71 bits per heavy atom. The number of ether oxygens (including phenoxy) is 2. The Labute approximate surface area is 204 Å². The zero-order valence-corrected chi connectivity index (χ0v) is 21.0. The summed E-state index contributed by atoms with van der Waals surface area (Å²) in [4.78, 5) is 12.3. The molecule has 0 aromatic heterocycles. The number of phenols is 1. The molecule has 3 aromatic rings. The van der Waals surface area contributed by atoms with Crippen LogP contribution in [0.3, 0.4) is 0 Å². The second kappa shape index (κ2) is 10.8. The van der Waals surface area contributed by atoms with Gasteiger partial charge in [-0.15, -0.1) is 0 Å². The molecule has 31 heavy (non-hydrogen) atoms. The molecule has 0 heterocycles. The number of benzene rings is 3. The summed E-state index contributed by atoms with van der Waals surface area (Å²) >= 11 is 9.90. The van der Waals surface area contributed by atoms with E-state index in [0.29, 0.717) is 38.2 Å². The summed E-state index contributed by atoms with van der Waals surface area (Å²) in [5.41, 5.74) is 4.53. The van der Waals surface area contributed by atoms with E-state index in [0.717, 1.165) is 10.0 Å². The van der Waals surface area contributed by atoms with Gasteiger partial charge >= 0.3 is 0 Å². The minimum absolute atomic E-state index is 0.0191. The monoisotopic (exact) mass is 610 g/mol. The standard InChI is InChI=1S/C22H17Br3N2O4/c1-30-19-9-15(16(23)10-20(19)31-12-13-5-3-2-4-6-13)11-26-27-22(29)14-7-17(24)21(28)18(25)8-14/h2-11,28H,12H2,1H3,(H,27,29). The lowest BCUT2D eigenvalue weighted by atomic mass is 10.2. The molecule has 0 saturated heterocycles. The van der Waals surface area contributed by atoms with Gasteiger partial charge in [-0.25, -0.2) is 5.43 Å². The van der Waals surface area contributed by atoms with Crippen LogP contribution in [-0.4, -0.2) is 24.3 Å². The molecule has 0 unspecified atom stereocenters. The van der Waals surface area contributed by atoms with Crippen LogP contribution in [-0.2, 0) is 6.61 Å². The number of aromatic hydroxyl groups is 1. The number of hydrogen-bond acceptors (Lipinski definition) is 5. The molecule has 0 atom stereocenters. The number of hydrazone groups is 1. The average Bonchev–Trinajstić information content (AvgIpc) is 2.77.